The quantitative estimate of drug-likeness (QED) is 0.739. The third kappa shape index (κ3) is 2.41. The molecule has 4 rings (SSSR count). The van der Waals surface area contributed by atoms with E-state index in [9.17, 15) is 9.59 Å². The highest BCUT2D eigenvalue weighted by Gasteiger charge is 2.37. The van der Waals surface area contributed by atoms with Crippen LogP contribution in [0.3, 0.4) is 0 Å². The van der Waals surface area contributed by atoms with Crippen molar-refractivity contribution < 1.29 is 14.3 Å². The Hall–Kier alpha value is -2.53. The summed E-state index contributed by atoms with van der Waals surface area (Å²) in [6, 6.07) is 15.4. The van der Waals surface area contributed by atoms with Crippen molar-refractivity contribution in [1.82, 2.24) is 4.90 Å². The van der Waals surface area contributed by atoms with E-state index in [0.717, 1.165) is 22.3 Å². The molecule has 0 bridgehead atoms. The molecule has 0 saturated carbocycles. The number of hydrogen-bond acceptors (Lipinski definition) is 4. The van der Waals surface area contributed by atoms with Crippen molar-refractivity contribution in [3.05, 3.63) is 76.2 Å². The van der Waals surface area contributed by atoms with E-state index in [2.05, 4.69) is 0 Å². The Morgan fingerprint density at radius 1 is 1.12 bits per heavy atom. The van der Waals surface area contributed by atoms with Crippen molar-refractivity contribution >= 4 is 29.4 Å². The fourth-order valence-corrected chi connectivity index (χ4v) is 4.24. The van der Waals surface area contributed by atoms with Gasteiger partial charge in [0.2, 0.25) is 0 Å². The highest BCUT2D eigenvalue weighted by atomic mass is 32.2. The zero-order chi connectivity index (χ0) is 16.7. The number of amides is 1. The number of fused-ring (bicyclic) bond motifs is 4. The van der Waals surface area contributed by atoms with E-state index in [-0.39, 0.29) is 17.3 Å². The summed E-state index contributed by atoms with van der Waals surface area (Å²) in [7, 11) is 0. The predicted octanol–water partition coefficient (Wildman–Crippen LogP) is 3.95. The van der Waals surface area contributed by atoms with E-state index in [1.165, 1.54) is 18.7 Å². The van der Waals surface area contributed by atoms with Crippen LogP contribution >= 0.6 is 11.8 Å². The molecule has 0 fully saturated rings. The molecule has 2 heterocycles. The predicted molar refractivity (Wildman–Crippen MR) is 92.8 cm³/mol. The minimum Gasteiger partial charge on any atom is -0.426 e. The van der Waals surface area contributed by atoms with Gasteiger partial charge in [0.05, 0.1) is 0 Å². The van der Waals surface area contributed by atoms with Crippen molar-refractivity contribution in [3.8, 4) is 0 Å². The Morgan fingerprint density at radius 2 is 1.83 bits per heavy atom. The first-order chi connectivity index (χ1) is 11.6. The van der Waals surface area contributed by atoms with Crippen LogP contribution in [0, 0.1) is 0 Å². The van der Waals surface area contributed by atoms with E-state index < -0.39 is 0 Å². The maximum absolute atomic E-state index is 12.8. The zero-order valence-electron chi connectivity index (χ0n) is 13.1. The molecule has 2 aromatic rings. The van der Waals surface area contributed by atoms with Crippen LogP contribution in [0.4, 0.5) is 0 Å². The first-order valence-electron chi connectivity index (χ1n) is 7.67. The SMILES string of the molecule is CC(=O)O/C1=C/S[C@H]2c3ccccc3C(=O)N2Cc2ccccc21. The van der Waals surface area contributed by atoms with Gasteiger partial charge in [-0.25, -0.2) is 0 Å². The lowest BCUT2D eigenvalue weighted by Crippen LogP contribution is -2.27. The molecule has 2 aromatic carbocycles. The van der Waals surface area contributed by atoms with Crippen molar-refractivity contribution in [2.75, 3.05) is 0 Å². The lowest BCUT2D eigenvalue weighted by atomic mass is 10.1. The Balaban J connectivity index is 1.82. The molecule has 0 saturated heterocycles. The highest BCUT2D eigenvalue weighted by Crippen LogP contribution is 2.45. The topological polar surface area (TPSA) is 46.6 Å². The first-order valence-corrected chi connectivity index (χ1v) is 8.61. The summed E-state index contributed by atoms with van der Waals surface area (Å²) < 4.78 is 5.41. The van der Waals surface area contributed by atoms with Gasteiger partial charge in [-0.3, -0.25) is 9.59 Å². The van der Waals surface area contributed by atoms with E-state index in [4.69, 9.17) is 4.74 Å². The van der Waals surface area contributed by atoms with Gasteiger partial charge in [-0.15, -0.1) is 11.8 Å². The summed E-state index contributed by atoms with van der Waals surface area (Å²) in [4.78, 5) is 26.1. The second-order valence-electron chi connectivity index (χ2n) is 5.74. The Bertz CT molecular complexity index is 874. The molecule has 2 aliphatic heterocycles. The van der Waals surface area contributed by atoms with E-state index >= 15 is 0 Å². The van der Waals surface area contributed by atoms with Gasteiger partial charge in [0.25, 0.3) is 5.91 Å². The number of benzene rings is 2. The summed E-state index contributed by atoms with van der Waals surface area (Å²) in [5.41, 5.74) is 3.57. The van der Waals surface area contributed by atoms with E-state index in [0.29, 0.717) is 12.3 Å². The van der Waals surface area contributed by atoms with Crippen LogP contribution in [0.1, 0.15) is 39.3 Å². The van der Waals surface area contributed by atoms with Crippen LogP contribution in [-0.2, 0) is 16.1 Å². The molecule has 0 aliphatic carbocycles. The van der Waals surface area contributed by atoms with Gasteiger partial charge in [0.1, 0.15) is 11.1 Å². The van der Waals surface area contributed by atoms with Crippen LogP contribution in [0.5, 0.6) is 0 Å². The van der Waals surface area contributed by atoms with Crippen LogP contribution in [-0.4, -0.2) is 16.8 Å². The van der Waals surface area contributed by atoms with Gasteiger partial charge in [0, 0.05) is 30.0 Å². The Labute approximate surface area is 144 Å². The fourth-order valence-electron chi connectivity index (χ4n) is 3.14. The molecular weight excluding hydrogens is 322 g/mol. The highest BCUT2D eigenvalue weighted by molar-refractivity contribution is 8.02. The standard InChI is InChI=1S/C19H15NO3S/c1-12(21)23-17-11-24-19-16-9-5-4-8-15(16)18(22)20(19)10-13-6-2-3-7-14(13)17/h2-9,11,19H,10H2,1H3/b17-11+/t19-/m0/s1. The molecule has 1 amide bonds. The van der Waals surface area contributed by atoms with Crippen LogP contribution in [0.15, 0.2) is 53.9 Å². The summed E-state index contributed by atoms with van der Waals surface area (Å²) in [6.45, 7) is 1.88. The molecule has 0 N–H and O–H groups in total. The number of nitrogens with zero attached hydrogens (tertiary/aromatic N) is 1. The third-order valence-corrected chi connectivity index (χ3v) is 5.30. The number of carbonyl (C=O) groups is 2. The average molecular weight is 337 g/mol. The van der Waals surface area contributed by atoms with Crippen LogP contribution < -0.4 is 0 Å². The van der Waals surface area contributed by atoms with Gasteiger partial charge in [-0.2, -0.15) is 0 Å². The molecule has 0 radical (unpaired) electrons. The molecule has 2 aliphatic rings. The second-order valence-corrected chi connectivity index (χ2v) is 6.70. The number of ether oxygens (including phenoxy) is 1. The Morgan fingerprint density at radius 3 is 2.62 bits per heavy atom. The van der Waals surface area contributed by atoms with Gasteiger partial charge in [-0.05, 0) is 17.2 Å². The molecular formula is C19H15NO3S. The molecule has 4 nitrogen and oxygen atoms in total. The molecule has 120 valence electrons. The number of esters is 1. The van der Waals surface area contributed by atoms with E-state index in [1.54, 1.807) is 0 Å². The monoisotopic (exact) mass is 337 g/mol. The molecule has 0 unspecified atom stereocenters. The normalized spacial score (nSPS) is 20.9. The summed E-state index contributed by atoms with van der Waals surface area (Å²) in [5.74, 6) is 0.235. The number of rotatable bonds is 1. The number of hydrogen-bond donors (Lipinski definition) is 0. The van der Waals surface area contributed by atoms with Crippen molar-refractivity contribution in [3.63, 3.8) is 0 Å². The molecule has 0 aromatic heterocycles. The summed E-state index contributed by atoms with van der Waals surface area (Å²) in [6.07, 6.45) is 0. The maximum Gasteiger partial charge on any atom is 0.308 e. The third-order valence-electron chi connectivity index (χ3n) is 4.18. The first kappa shape index (κ1) is 15.0. The summed E-state index contributed by atoms with van der Waals surface area (Å²) >= 11 is 1.49. The van der Waals surface area contributed by atoms with E-state index in [1.807, 2.05) is 58.8 Å². The molecule has 1 atom stereocenters. The minimum absolute atomic E-state index is 0.0437. The molecule has 24 heavy (non-hydrogen) atoms. The number of thioether (sulfide) groups is 1. The van der Waals surface area contributed by atoms with Crippen molar-refractivity contribution in [2.45, 2.75) is 18.8 Å². The largest absolute Gasteiger partial charge is 0.426 e. The maximum atomic E-state index is 12.8. The van der Waals surface area contributed by atoms with Crippen molar-refractivity contribution in [2.24, 2.45) is 0 Å². The summed E-state index contributed by atoms with van der Waals surface area (Å²) in [5, 5.41) is 1.74. The van der Waals surface area contributed by atoms with Gasteiger partial charge >= 0.3 is 5.97 Å². The molecule has 0 spiro atoms. The fraction of sp³-hybridized carbons (Fsp3) is 0.158. The lowest BCUT2D eigenvalue weighted by molar-refractivity contribution is -0.134. The Kier molecular flexibility index (Phi) is 3.65. The van der Waals surface area contributed by atoms with Gasteiger partial charge in [-0.1, -0.05) is 42.5 Å². The number of carbonyl (C=O) groups excluding carboxylic acids is 2. The smallest absolute Gasteiger partial charge is 0.308 e. The van der Waals surface area contributed by atoms with Gasteiger partial charge in [0.15, 0.2) is 0 Å². The average Bonchev–Trinajstić information content (AvgIpc) is 2.82. The van der Waals surface area contributed by atoms with Crippen LogP contribution in [0.2, 0.25) is 0 Å². The zero-order valence-corrected chi connectivity index (χ0v) is 13.9. The van der Waals surface area contributed by atoms with Crippen LogP contribution in [0.25, 0.3) is 5.76 Å². The van der Waals surface area contributed by atoms with Crippen molar-refractivity contribution in [1.29, 1.82) is 0 Å². The minimum atomic E-state index is -0.350. The molecule has 5 heteroatoms. The lowest BCUT2D eigenvalue weighted by Gasteiger charge is -2.27. The second kappa shape index (κ2) is 5.83. The van der Waals surface area contributed by atoms with Gasteiger partial charge < -0.3 is 9.64 Å².